The van der Waals surface area contributed by atoms with E-state index in [0.717, 1.165) is 15.6 Å². The lowest BCUT2D eigenvalue weighted by Gasteiger charge is -2.11. The first-order chi connectivity index (χ1) is 13.5. The maximum absolute atomic E-state index is 12.1. The maximum Gasteiger partial charge on any atom is 0.276 e. The lowest BCUT2D eigenvalue weighted by atomic mass is 10.1. The van der Waals surface area contributed by atoms with E-state index in [1.165, 1.54) is 0 Å². The zero-order valence-electron chi connectivity index (χ0n) is 14.6. The Morgan fingerprint density at radius 3 is 2.21 bits per heavy atom. The fourth-order valence-electron chi connectivity index (χ4n) is 2.45. The van der Waals surface area contributed by atoms with Gasteiger partial charge in [0.25, 0.3) is 11.8 Å². The van der Waals surface area contributed by atoms with Crippen LogP contribution in [0.2, 0.25) is 0 Å². The highest BCUT2D eigenvalue weighted by molar-refractivity contribution is 9.10. The van der Waals surface area contributed by atoms with E-state index in [1.807, 2.05) is 42.5 Å². The predicted octanol–water partition coefficient (Wildman–Crippen LogP) is 4.72. The van der Waals surface area contributed by atoms with Crippen LogP contribution in [0.15, 0.2) is 81.7 Å². The molecule has 142 valence electrons. The quantitative estimate of drug-likeness (QED) is 0.495. The highest BCUT2D eigenvalue weighted by Crippen LogP contribution is 2.30. The van der Waals surface area contributed by atoms with Crippen molar-refractivity contribution in [3.8, 4) is 16.9 Å². The Morgan fingerprint density at radius 2 is 1.50 bits per heavy atom. The molecule has 0 atom stereocenters. The van der Waals surface area contributed by atoms with Crippen LogP contribution in [0.1, 0.15) is 10.4 Å². The number of amides is 2. The van der Waals surface area contributed by atoms with Gasteiger partial charge in [-0.1, -0.05) is 48.5 Å². The molecule has 0 aliphatic rings. The SMILES string of the molecule is O=C(COc1ccc(-c2ccccc2)cc1Br)NNC(=O)c1ccccc1Br. The molecule has 2 N–H and O–H groups in total. The molecule has 0 aliphatic heterocycles. The summed E-state index contributed by atoms with van der Waals surface area (Å²) < 4.78 is 6.91. The van der Waals surface area contributed by atoms with Crippen molar-refractivity contribution in [1.29, 1.82) is 0 Å². The van der Waals surface area contributed by atoms with E-state index in [0.29, 0.717) is 15.8 Å². The number of carbonyl (C=O) groups is 2. The summed E-state index contributed by atoms with van der Waals surface area (Å²) in [5.74, 6) is -0.361. The molecular weight excluding hydrogens is 488 g/mol. The highest BCUT2D eigenvalue weighted by atomic mass is 79.9. The second-order valence-corrected chi connectivity index (χ2v) is 7.49. The summed E-state index contributed by atoms with van der Waals surface area (Å²) in [6.45, 7) is -0.237. The van der Waals surface area contributed by atoms with Crippen LogP contribution in [0.4, 0.5) is 0 Å². The fraction of sp³-hybridized carbons (Fsp3) is 0.0476. The molecule has 0 saturated heterocycles. The van der Waals surface area contributed by atoms with E-state index in [9.17, 15) is 9.59 Å². The minimum absolute atomic E-state index is 0.237. The first kappa shape index (κ1) is 20.1. The molecule has 0 aliphatic carbocycles. The van der Waals surface area contributed by atoms with Gasteiger partial charge < -0.3 is 4.74 Å². The second-order valence-electron chi connectivity index (χ2n) is 5.78. The maximum atomic E-state index is 12.1. The highest BCUT2D eigenvalue weighted by Gasteiger charge is 2.11. The van der Waals surface area contributed by atoms with Crippen LogP contribution in [0.5, 0.6) is 5.75 Å². The van der Waals surface area contributed by atoms with Gasteiger partial charge in [0.1, 0.15) is 5.75 Å². The van der Waals surface area contributed by atoms with Gasteiger partial charge >= 0.3 is 0 Å². The van der Waals surface area contributed by atoms with Gasteiger partial charge in [-0.05, 0) is 67.3 Å². The lowest BCUT2D eigenvalue weighted by Crippen LogP contribution is -2.43. The first-order valence-electron chi connectivity index (χ1n) is 8.36. The molecule has 0 radical (unpaired) electrons. The van der Waals surface area contributed by atoms with Gasteiger partial charge in [-0.2, -0.15) is 0 Å². The summed E-state index contributed by atoms with van der Waals surface area (Å²) in [5, 5.41) is 0. The van der Waals surface area contributed by atoms with Crippen molar-refractivity contribution < 1.29 is 14.3 Å². The average molecular weight is 504 g/mol. The zero-order chi connectivity index (χ0) is 19.9. The molecule has 0 saturated carbocycles. The number of rotatable bonds is 5. The number of hydrazine groups is 1. The third-order valence-corrected chi connectivity index (χ3v) is 5.14. The second kappa shape index (κ2) is 9.52. The van der Waals surface area contributed by atoms with Gasteiger partial charge in [0.2, 0.25) is 0 Å². The zero-order valence-corrected chi connectivity index (χ0v) is 17.8. The number of hydrogen-bond acceptors (Lipinski definition) is 3. The smallest absolute Gasteiger partial charge is 0.276 e. The molecule has 7 heteroatoms. The Kier molecular flexibility index (Phi) is 6.84. The van der Waals surface area contributed by atoms with Crippen molar-refractivity contribution in [3.63, 3.8) is 0 Å². The van der Waals surface area contributed by atoms with E-state index in [2.05, 4.69) is 42.7 Å². The van der Waals surface area contributed by atoms with Crippen LogP contribution in [0, 0.1) is 0 Å². The van der Waals surface area contributed by atoms with Gasteiger partial charge in [0.15, 0.2) is 6.61 Å². The summed E-state index contributed by atoms with van der Waals surface area (Å²) >= 11 is 6.76. The van der Waals surface area contributed by atoms with Crippen LogP contribution >= 0.6 is 31.9 Å². The Balaban J connectivity index is 1.53. The Bertz CT molecular complexity index is 994. The Labute approximate surface area is 179 Å². The molecule has 0 bridgehead atoms. The van der Waals surface area contributed by atoms with Gasteiger partial charge in [-0.25, -0.2) is 0 Å². The third-order valence-electron chi connectivity index (χ3n) is 3.83. The molecule has 2 amide bonds. The van der Waals surface area contributed by atoms with Gasteiger partial charge in [-0.15, -0.1) is 0 Å². The standard InChI is InChI=1S/C21H16Br2N2O3/c22-17-9-5-4-8-16(17)21(27)25-24-20(26)13-28-19-11-10-15(12-18(19)23)14-6-2-1-3-7-14/h1-12H,13H2,(H,24,26)(H,25,27). The molecule has 0 unspecified atom stereocenters. The number of hydrogen-bond donors (Lipinski definition) is 2. The largest absolute Gasteiger partial charge is 0.483 e. The normalized spacial score (nSPS) is 10.2. The topological polar surface area (TPSA) is 67.4 Å². The van der Waals surface area contributed by atoms with E-state index in [-0.39, 0.29) is 6.61 Å². The molecule has 0 heterocycles. The lowest BCUT2D eigenvalue weighted by molar-refractivity contribution is -0.123. The molecule has 3 rings (SSSR count). The summed E-state index contributed by atoms with van der Waals surface area (Å²) in [6.07, 6.45) is 0. The minimum atomic E-state index is -0.473. The molecular formula is C21H16Br2N2O3. The van der Waals surface area contributed by atoms with Crippen LogP contribution in [-0.4, -0.2) is 18.4 Å². The molecule has 28 heavy (non-hydrogen) atoms. The van der Waals surface area contributed by atoms with E-state index in [1.54, 1.807) is 30.3 Å². The fourth-order valence-corrected chi connectivity index (χ4v) is 3.40. The number of benzene rings is 3. The van der Waals surface area contributed by atoms with Crippen molar-refractivity contribution in [2.45, 2.75) is 0 Å². The van der Waals surface area contributed by atoms with E-state index >= 15 is 0 Å². The third kappa shape index (κ3) is 5.21. The Morgan fingerprint density at radius 1 is 0.786 bits per heavy atom. The van der Waals surface area contributed by atoms with E-state index < -0.39 is 11.8 Å². The molecule has 0 spiro atoms. The van der Waals surface area contributed by atoms with Crippen molar-refractivity contribution >= 4 is 43.7 Å². The molecule has 0 aromatic heterocycles. The van der Waals surface area contributed by atoms with Crippen molar-refractivity contribution in [3.05, 3.63) is 87.3 Å². The Hall–Kier alpha value is -2.64. The van der Waals surface area contributed by atoms with Crippen LogP contribution in [0.25, 0.3) is 11.1 Å². The summed E-state index contributed by atoms with van der Waals surface area (Å²) in [4.78, 5) is 24.0. The summed E-state index contributed by atoms with van der Waals surface area (Å²) in [6, 6.07) is 22.5. The number of ether oxygens (including phenoxy) is 1. The summed E-state index contributed by atoms with van der Waals surface area (Å²) in [5.41, 5.74) is 7.23. The average Bonchev–Trinajstić information content (AvgIpc) is 2.72. The number of carbonyl (C=O) groups excluding carboxylic acids is 2. The van der Waals surface area contributed by atoms with Gasteiger partial charge in [0.05, 0.1) is 10.0 Å². The first-order valence-corrected chi connectivity index (χ1v) is 9.94. The molecule has 0 fully saturated rings. The van der Waals surface area contributed by atoms with Gasteiger partial charge in [-0.3, -0.25) is 20.4 Å². The van der Waals surface area contributed by atoms with Gasteiger partial charge in [0, 0.05) is 4.47 Å². The minimum Gasteiger partial charge on any atom is -0.483 e. The van der Waals surface area contributed by atoms with Crippen LogP contribution in [-0.2, 0) is 4.79 Å². The monoisotopic (exact) mass is 502 g/mol. The predicted molar refractivity (Wildman–Crippen MR) is 115 cm³/mol. The van der Waals surface area contributed by atoms with Crippen molar-refractivity contribution in [1.82, 2.24) is 10.9 Å². The molecule has 3 aromatic rings. The molecule has 5 nitrogen and oxygen atoms in total. The molecule has 3 aromatic carbocycles. The van der Waals surface area contributed by atoms with E-state index in [4.69, 9.17) is 4.74 Å². The van der Waals surface area contributed by atoms with Crippen LogP contribution < -0.4 is 15.6 Å². The van der Waals surface area contributed by atoms with Crippen molar-refractivity contribution in [2.75, 3.05) is 6.61 Å². The number of nitrogens with one attached hydrogen (secondary N) is 2. The number of halogens is 2. The van der Waals surface area contributed by atoms with Crippen LogP contribution in [0.3, 0.4) is 0 Å². The summed E-state index contributed by atoms with van der Waals surface area (Å²) in [7, 11) is 0. The van der Waals surface area contributed by atoms with Crippen molar-refractivity contribution in [2.24, 2.45) is 0 Å².